The Hall–Kier alpha value is -2.93. The highest BCUT2D eigenvalue weighted by Gasteiger charge is 2.15. The zero-order chi connectivity index (χ0) is 20.7. The molecule has 7 heteroatoms. The minimum absolute atomic E-state index is 0.0395. The Morgan fingerprint density at radius 3 is 2.36 bits per heavy atom. The van der Waals surface area contributed by atoms with Crippen LogP contribution in [-0.2, 0) is 0 Å². The lowest BCUT2D eigenvalue weighted by Gasteiger charge is -2.15. The van der Waals surface area contributed by atoms with Gasteiger partial charge in [-0.1, -0.05) is 18.2 Å². The summed E-state index contributed by atoms with van der Waals surface area (Å²) in [6.07, 6.45) is -0.0567. The zero-order valence-electron chi connectivity index (χ0n) is 16.4. The van der Waals surface area contributed by atoms with Crippen molar-refractivity contribution in [3.63, 3.8) is 0 Å². The first-order chi connectivity index (χ1) is 13.3. The average molecular weight is 400 g/mol. The van der Waals surface area contributed by atoms with E-state index in [0.717, 1.165) is 0 Å². The van der Waals surface area contributed by atoms with E-state index in [2.05, 4.69) is 16.0 Å². The minimum Gasteiger partial charge on any atom is -0.490 e. The second kappa shape index (κ2) is 9.85. The third kappa shape index (κ3) is 6.35. The van der Waals surface area contributed by atoms with E-state index in [1.165, 1.54) is 0 Å². The third-order valence-electron chi connectivity index (χ3n) is 3.52. The molecule has 28 heavy (non-hydrogen) atoms. The van der Waals surface area contributed by atoms with Crippen LogP contribution in [0, 0.1) is 0 Å². The van der Waals surface area contributed by atoms with Gasteiger partial charge in [-0.15, -0.1) is 0 Å². The number of para-hydroxylation sites is 1. The molecule has 2 rings (SSSR count). The maximum absolute atomic E-state index is 12.6. The van der Waals surface area contributed by atoms with Gasteiger partial charge in [0.05, 0.1) is 11.7 Å². The normalized spacial score (nSPS) is 10.5. The van der Waals surface area contributed by atoms with Crippen molar-refractivity contribution in [1.29, 1.82) is 0 Å². The molecular weight excluding hydrogens is 374 g/mol. The van der Waals surface area contributed by atoms with Crippen LogP contribution in [0.25, 0.3) is 0 Å². The fourth-order valence-electron chi connectivity index (χ4n) is 2.43. The van der Waals surface area contributed by atoms with Crippen molar-refractivity contribution in [3.8, 4) is 5.75 Å². The molecule has 3 N–H and O–H groups in total. The van der Waals surface area contributed by atoms with Crippen LogP contribution in [0.5, 0.6) is 5.75 Å². The number of carbonyl (C=O) groups excluding carboxylic acids is 2. The molecule has 0 spiro atoms. The highest BCUT2D eigenvalue weighted by molar-refractivity contribution is 7.80. The van der Waals surface area contributed by atoms with Crippen LogP contribution in [0.15, 0.2) is 48.5 Å². The van der Waals surface area contributed by atoms with Crippen molar-refractivity contribution >= 4 is 34.8 Å². The summed E-state index contributed by atoms with van der Waals surface area (Å²) in [5.74, 6) is -0.0547. The number of thiocarbonyl (C=S) groups is 1. The summed E-state index contributed by atoms with van der Waals surface area (Å²) in [5, 5.41) is 8.53. The molecule has 0 atom stereocenters. The monoisotopic (exact) mass is 399 g/mol. The van der Waals surface area contributed by atoms with Gasteiger partial charge in [-0.05, 0) is 70.2 Å². The van der Waals surface area contributed by atoms with E-state index in [4.69, 9.17) is 17.0 Å². The largest absolute Gasteiger partial charge is 0.490 e. The number of rotatable bonds is 6. The zero-order valence-corrected chi connectivity index (χ0v) is 17.2. The summed E-state index contributed by atoms with van der Waals surface area (Å²) in [6.45, 7) is 7.57. The van der Waals surface area contributed by atoms with Crippen molar-refractivity contribution in [2.24, 2.45) is 0 Å². The molecule has 0 radical (unpaired) electrons. The van der Waals surface area contributed by atoms with E-state index in [0.29, 0.717) is 22.6 Å². The molecule has 0 aromatic heterocycles. The Balaban J connectivity index is 2.05. The van der Waals surface area contributed by atoms with Gasteiger partial charge < -0.3 is 15.4 Å². The van der Waals surface area contributed by atoms with E-state index in [1.807, 2.05) is 27.7 Å². The molecular formula is C21H25N3O3S. The second-order valence-electron chi connectivity index (χ2n) is 6.78. The lowest BCUT2D eigenvalue weighted by molar-refractivity contribution is 0.0940. The van der Waals surface area contributed by atoms with Gasteiger partial charge in [0.2, 0.25) is 0 Å². The van der Waals surface area contributed by atoms with Crippen molar-refractivity contribution < 1.29 is 14.3 Å². The van der Waals surface area contributed by atoms with Crippen LogP contribution in [0.2, 0.25) is 0 Å². The molecule has 6 nitrogen and oxygen atoms in total. The highest BCUT2D eigenvalue weighted by Crippen LogP contribution is 2.19. The Morgan fingerprint density at radius 1 is 0.964 bits per heavy atom. The van der Waals surface area contributed by atoms with E-state index in [1.54, 1.807) is 48.5 Å². The topological polar surface area (TPSA) is 79.5 Å². The van der Waals surface area contributed by atoms with Gasteiger partial charge in [0.1, 0.15) is 5.75 Å². The van der Waals surface area contributed by atoms with Crippen LogP contribution < -0.4 is 20.7 Å². The summed E-state index contributed by atoms with van der Waals surface area (Å²) < 4.78 is 5.67. The Labute approximate surface area is 170 Å². The summed E-state index contributed by atoms with van der Waals surface area (Å²) in [7, 11) is 0. The molecule has 2 amide bonds. The van der Waals surface area contributed by atoms with Crippen LogP contribution in [-0.4, -0.2) is 29.1 Å². The summed E-state index contributed by atoms with van der Waals surface area (Å²) in [4.78, 5) is 24.7. The number of hydrogen-bond donors (Lipinski definition) is 3. The first-order valence-corrected chi connectivity index (χ1v) is 9.46. The van der Waals surface area contributed by atoms with E-state index >= 15 is 0 Å². The maximum Gasteiger partial charge on any atom is 0.261 e. The predicted molar refractivity (Wildman–Crippen MR) is 115 cm³/mol. The SMILES string of the molecule is CC(C)NC(=O)c1cccc(NC(=S)NC(=O)c2ccccc2OC(C)C)c1. The molecule has 2 aromatic rings. The predicted octanol–water partition coefficient (Wildman–Crippen LogP) is 3.74. The molecule has 148 valence electrons. The second-order valence-corrected chi connectivity index (χ2v) is 7.19. The molecule has 0 saturated carbocycles. The first-order valence-electron chi connectivity index (χ1n) is 9.05. The molecule has 0 saturated heterocycles. The standard InChI is InChI=1S/C21H25N3O3S/c1-13(2)22-19(25)15-8-7-9-16(12-15)23-21(28)24-20(26)17-10-5-6-11-18(17)27-14(3)4/h5-14H,1-4H3,(H,22,25)(H2,23,24,26,28). The molecule has 0 aliphatic rings. The quantitative estimate of drug-likeness (QED) is 0.645. The van der Waals surface area contributed by atoms with Gasteiger partial charge in [-0.2, -0.15) is 0 Å². The van der Waals surface area contributed by atoms with E-state index in [9.17, 15) is 9.59 Å². The Bertz CT molecular complexity index is 865. The number of carbonyl (C=O) groups is 2. The lowest BCUT2D eigenvalue weighted by Crippen LogP contribution is -2.34. The number of nitrogens with one attached hydrogen (secondary N) is 3. The third-order valence-corrected chi connectivity index (χ3v) is 3.73. The Morgan fingerprint density at radius 2 is 1.68 bits per heavy atom. The van der Waals surface area contributed by atoms with Crippen LogP contribution in [0.3, 0.4) is 0 Å². The molecule has 0 unspecified atom stereocenters. The van der Waals surface area contributed by atoms with Crippen LogP contribution in [0.4, 0.5) is 5.69 Å². The van der Waals surface area contributed by atoms with Gasteiger partial charge in [0.25, 0.3) is 11.8 Å². The average Bonchev–Trinajstić information content (AvgIpc) is 2.61. The molecule has 0 heterocycles. The highest BCUT2D eigenvalue weighted by atomic mass is 32.1. The van der Waals surface area contributed by atoms with Crippen molar-refractivity contribution in [3.05, 3.63) is 59.7 Å². The Kier molecular flexibility index (Phi) is 7.52. The van der Waals surface area contributed by atoms with E-state index < -0.39 is 0 Å². The van der Waals surface area contributed by atoms with Gasteiger partial charge in [0, 0.05) is 17.3 Å². The summed E-state index contributed by atoms with van der Waals surface area (Å²) >= 11 is 5.24. The van der Waals surface area contributed by atoms with Crippen LogP contribution >= 0.6 is 12.2 Å². The molecule has 0 bridgehead atoms. The van der Waals surface area contributed by atoms with Crippen molar-refractivity contribution in [2.75, 3.05) is 5.32 Å². The fourth-order valence-corrected chi connectivity index (χ4v) is 2.64. The van der Waals surface area contributed by atoms with Gasteiger partial charge in [-0.3, -0.25) is 14.9 Å². The van der Waals surface area contributed by atoms with Gasteiger partial charge in [0.15, 0.2) is 5.11 Å². The van der Waals surface area contributed by atoms with Crippen LogP contribution in [0.1, 0.15) is 48.4 Å². The fraction of sp³-hybridized carbons (Fsp3) is 0.286. The lowest BCUT2D eigenvalue weighted by atomic mass is 10.1. The molecule has 0 aliphatic carbocycles. The minimum atomic E-state index is -0.373. The number of amides is 2. The number of ether oxygens (including phenoxy) is 1. The number of anilines is 1. The number of benzene rings is 2. The molecule has 0 aliphatic heterocycles. The number of hydrogen-bond acceptors (Lipinski definition) is 4. The van der Waals surface area contributed by atoms with E-state index in [-0.39, 0.29) is 29.1 Å². The first kappa shape index (κ1) is 21.4. The van der Waals surface area contributed by atoms with Gasteiger partial charge in [-0.25, -0.2) is 0 Å². The summed E-state index contributed by atoms with van der Waals surface area (Å²) in [5.41, 5.74) is 1.50. The smallest absolute Gasteiger partial charge is 0.261 e. The summed E-state index contributed by atoms with van der Waals surface area (Å²) in [6, 6.07) is 13.9. The maximum atomic E-state index is 12.6. The molecule has 2 aromatic carbocycles. The van der Waals surface area contributed by atoms with Gasteiger partial charge >= 0.3 is 0 Å². The van der Waals surface area contributed by atoms with Crippen molar-refractivity contribution in [2.45, 2.75) is 39.8 Å². The molecule has 0 fully saturated rings. The van der Waals surface area contributed by atoms with Crippen molar-refractivity contribution in [1.82, 2.24) is 10.6 Å².